The summed E-state index contributed by atoms with van der Waals surface area (Å²) in [4.78, 5) is 0. The molecule has 3 heteroatoms. The molecule has 0 rings (SSSR count). The van der Waals surface area contributed by atoms with Crippen LogP contribution in [-0.4, -0.2) is 17.7 Å². The van der Waals surface area contributed by atoms with Gasteiger partial charge in [0.2, 0.25) is 0 Å². The normalized spacial score (nSPS) is 10.3. The molecule has 0 spiro atoms. The molecule has 2 nitrogen and oxygen atoms in total. The largest absolute Gasteiger partial charge is 0.363 e. The minimum atomic E-state index is 0.426. The maximum atomic E-state index is 5.11. The zero-order valence-corrected chi connectivity index (χ0v) is 10.5. The minimum absolute atomic E-state index is 0.426. The van der Waals surface area contributed by atoms with Gasteiger partial charge in [-0.15, -0.1) is 0 Å². The molecule has 0 aliphatic rings. The van der Waals surface area contributed by atoms with Crippen LogP contribution in [0.2, 0.25) is 0 Å². The van der Waals surface area contributed by atoms with Crippen LogP contribution in [0.5, 0.6) is 0 Å². The van der Waals surface area contributed by atoms with Crippen molar-refractivity contribution in [2.24, 2.45) is 0 Å². The van der Waals surface area contributed by atoms with Gasteiger partial charge in [-0.3, -0.25) is 0 Å². The highest BCUT2D eigenvalue weighted by Gasteiger charge is 1.96. The van der Waals surface area contributed by atoms with E-state index >= 15 is 0 Å². The summed E-state index contributed by atoms with van der Waals surface area (Å²) in [6.07, 6.45) is 6.54. The minimum Gasteiger partial charge on any atom is -0.363 e. The first-order valence-electron chi connectivity index (χ1n) is 5.71. The van der Waals surface area contributed by atoms with E-state index in [2.05, 4.69) is 31.4 Å². The molecule has 0 heterocycles. The summed E-state index contributed by atoms with van der Waals surface area (Å²) in [6, 6.07) is 0.426. The SMILES string of the molecule is CCCCCCCNC(=S)NC(C)C. The Labute approximate surface area is 93.8 Å². The molecule has 14 heavy (non-hydrogen) atoms. The third-order valence-electron chi connectivity index (χ3n) is 1.99. The fourth-order valence-electron chi connectivity index (χ4n) is 1.24. The number of nitrogens with one attached hydrogen (secondary N) is 2. The lowest BCUT2D eigenvalue weighted by atomic mass is 10.1. The van der Waals surface area contributed by atoms with Crippen LogP contribution in [0.1, 0.15) is 52.9 Å². The zero-order chi connectivity index (χ0) is 10.8. The van der Waals surface area contributed by atoms with Gasteiger partial charge in [0.15, 0.2) is 5.11 Å². The molecule has 84 valence electrons. The Hall–Kier alpha value is -0.310. The maximum absolute atomic E-state index is 5.11. The molecule has 0 aromatic rings. The predicted molar refractivity (Wildman–Crippen MR) is 67.6 cm³/mol. The summed E-state index contributed by atoms with van der Waals surface area (Å²) in [6.45, 7) is 7.42. The number of unbranched alkanes of at least 4 members (excludes halogenated alkanes) is 4. The smallest absolute Gasteiger partial charge is 0.166 e. The van der Waals surface area contributed by atoms with Crippen molar-refractivity contribution in [1.29, 1.82) is 0 Å². The second-order valence-electron chi connectivity index (χ2n) is 3.97. The van der Waals surface area contributed by atoms with Crippen LogP contribution in [0.25, 0.3) is 0 Å². The van der Waals surface area contributed by atoms with Gasteiger partial charge >= 0.3 is 0 Å². The van der Waals surface area contributed by atoms with E-state index < -0.39 is 0 Å². The highest BCUT2D eigenvalue weighted by atomic mass is 32.1. The molecular formula is C11H24N2S. The summed E-state index contributed by atoms with van der Waals surface area (Å²) in [5.41, 5.74) is 0. The number of thiocarbonyl (C=S) groups is 1. The molecule has 0 saturated heterocycles. The van der Waals surface area contributed by atoms with Crippen molar-refractivity contribution in [3.8, 4) is 0 Å². The van der Waals surface area contributed by atoms with Crippen LogP contribution in [0.15, 0.2) is 0 Å². The molecule has 0 unspecified atom stereocenters. The fourth-order valence-corrected chi connectivity index (χ4v) is 1.58. The molecule has 0 bridgehead atoms. The Kier molecular flexibility index (Phi) is 9.05. The van der Waals surface area contributed by atoms with Gasteiger partial charge in [-0.25, -0.2) is 0 Å². The molecule has 0 saturated carbocycles. The zero-order valence-electron chi connectivity index (χ0n) is 9.73. The van der Waals surface area contributed by atoms with Crippen molar-refractivity contribution in [3.63, 3.8) is 0 Å². The molecule has 0 aromatic heterocycles. The Bertz CT molecular complexity index is 146. The molecule has 0 radical (unpaired) electrons. The molecule has 2 N–H and O–H groups in total. The standard InChI is InChI=1S/C11H24N2S/c1-4-5-6-7-8-9-12-11(14)13-10(2)3/h10H,4-9H2,1-3H3,(H2,12,13,14). The average molecular weight is 216 g/mol. The number of hydrogen-bond acceptors (Lipinski definition) is 1. The van der Waals surface area contributed by atoms with Gasteiger partial charge in [-0.05, 0) is 32.5 Å². The quantitative estimate of drug-likeness (QED) is 0.505. The highest BCUT2D eigenvalue weighted by molar-refractivity contribution is 7.80. The lowest BCUT2D eigenvalue weighted by Gasteiger charge is -2.12. The molecular weight excluding hydrogens is 192 g/mol. The first kappa shape index (κ1) is 13.7. The van der Waals surface area contributed by atoms with E-state index in [-0.39, 0.29) is 0 Å². The Balaban J connectivity index is 3.15. The third kappa shape index (κ3) is 9.78. The summed E-state index contributed by atoms with van der Waals surface area (Å²) in [5.74, 6) is 0. The third-order valence-corrected chi connectivity index (χ3v) is 2.25. The van der Waals surface area contributed by atoms with E-state index in [9.17, 15) is 0 Å². The van der Waals surface area contributed by atoms with E-state index in [4.69, 9.17) is 12.2 Å². The average Bonchev–Trinajstić information content (AvgIpc) is 2.10. The van der Waals surface area contributed by atoms with Crippen LogP contribution < -0.4 is 10.6 Å². The van der Waals surface area contributed by atoms with Crippen LogP contribution in [0, 0.1) is 0 Å². The van der Waals surface area contributed by atoms with Crippen molar-refractivity contribution in [1.82, 2.24) is 10.6 Å². The maximum Gasteiger partial charge on any atom is 0.166 e. The lowest BCUT2D eigenvalue weighted by Crippen LogP contribution is -2.39. The summed E-state index contributed by atoms with van der Waals surface area (Å²) >= 11 is 5.11. The predicted octanol–water partition coefficient (Wildman–Crippen LogP) is 2.83. The van der Waals surface area contributed by atoms with Gasteiger partial charge in [-0.1, -0.05) is 32.6 Å². The van der Waals surface area contributed by atoms with Crippen LogP contribution in [0.3, 0.4) is 0 Å². The van der Waals surface area contributed by atoms with Gasteiger partial charge in [0.05, 0.1) is 0 Å². The summed E-state index contributed by atoms with van der Waals surface area (Å²) in [5, 5.41) is 7.16. The van der Waals surface area contributed by atoms with Crippen LogP contribution >= 0.6 is 12.2 Å². The van der Waals surface area contributed by atoms with Crippen LogP contribution in [-0.2, 0) is 0 Å². The second-order valence-corrected chi connectivity index (χ2v) is 4.38. The monoisotopic (exact) mass is 216 g/mol. The molecule has 0 aromatic carbocycles. The first-order chi connectivity index (χ1) is 6.66. The molecule has 0 aliphatic heterocycles. The highest BCUT2D eigenvalue weighted by Crippen LogP contribution is 2.00. The van der Waals surface area contributed by atoms with Gasteiger partial charge in [0.1, 0.15) is 0 Å². The molecule has 0 fully saturated rings. The summed E-state index contributed by atoms with van der Waals surface area (Å²) in [7, 11) is 0. The Morgan fingerprint density at radius 2 is 1.79 bits per heavy atom. The van der Waals surface area contributed by atoms with Crippen LogP contribution in [0.4, 0.5) is 0 Å². The van der Waals surface area contributed by atoms with Gasteiger partial charge in [-0.2, -0.15) is 0 Å². The summed E-state index contributed by atoms with van der Waals surface area (Å²) < 4.78 is 0. The second kappa shape index (κ2) is 9.25. The molecule has 0 atom stereocenters. The molecule has 0 amide bonds. The molecule has 0 aliphatic carbocycles. The fraction of sp³-hybridized carbons (Fsp3) is 0.909. The Morgan fingerprint density at radius 1 is 1.14 bits per heavy atom. The number of hydrogen-bond donors (Lipinski definition) is 2. The lowest BCUT2D eigenvalue weighted by molar-refractivity contribution is 0.618. The van der Waals surface area contributed by atoms with Crippen molar-refractivity contribution in [2.45, 2.75) is 58.9 Å². The van der Waals surface area contributed by atoms with E-state index in [0.717, 1.165) is 11.7 Å². The van der Waals surface area contributed by atoms with E-state index in [0.29, 0.717) is 6.04 Å². The van der Waals surface area contributed by atoms with E-state index in [1.165, 1.54) is 32.1 Å². The van der Waals surface area contributed by atoms with Gasteiger partial charge in [0, 0.05) is 12.6 Å². The van der Waals surface area contributed by atoms with Crippen molar-refractivity contribution in [3.05, 3.63) is 0 Å². The van der Waals surface area contributed by atoms with E-state index in [1.807, 2.05) is 0 Å². The van der Waals surface area contributed by atoms with Crippen molar-refractivity contribution < 1.29 is 0 Å². The number of rotatable bonds is 7. The first-order valence-corrected chi connectivity index (χ1v) is 6.12. The van der Waals surface area contributed by atoms with E-state index in [1.54, 1.807) is 0 Å². The van der Waals surface area contributed by atoms with Gasteiger partial charge in [0.25, 0.3) is 0 Å². The van der Waals surface area contributed by atoms with Crippen molar-refractivity contribution in [2.75, 3.05) is 6.54 Å². The Morgan fingerprint density at radius 3 is 2.36 bits per heavy atom. The topological polar surface area (TPSA) is 24.1 Å². The van der Waals surface area contributed by atoms with Gasteiger partial charge < -0.3 is 10.6 Å². The van der Waals surface area contributed by atoms with Crippen molar-refractivity contribution >= 4 is 17.3 Å².